The number of hydrogen-bond donors (Lipinski definition) is 0. The molecule has 13 heavy (non-hydrogen) atoms. The van der Waals surface area contributed by atoms with E-state index in [1.165, 1.54) is 0 Å². The van der Waals surface area contributed by atoms with Crippen molar-refractivity contribution in [3.8, 4) is 0 Å². The van der Waals surface area contributed by atoms with E-state index < -0.39 is 10.8 Å². The van der Waals surface area contributed by atoms with Crippen LogP contribution in [0.15, 0.2) is 0 Å². The van der Waals surface area contributed by atoms with Gasteiger partial charge in [-0.05, 0) is 19.8 Å². The minimum atomic E-state index is -0.682. The predicted molar refractivity (Wildman–Crippen MR) is 51.4 cm³/mol. The van der Waals surface area contributed by atoms with Crippen molar-refractivity contribution in [3.63, 3.8) is 0 Å². The van der Waals surface area contributed by atoms with Gasteiger partial charge >= 0.3 is 0 Å². The van der Waals surface area contributed by atoms with Gasteiger partial charge in [0.1, 0.15) is 5.78 Å². The number of carbonyl (C=O) groups is 2. The van der Waals surface area contributed by atoms with Crippen molar-refractivity contribution in [1.29, 1.82) is 0 Å². The van der Waals surface area contributed by atoms with E-state index in [0.717, 1.165) is 12.8 Å². The summed E-state index contributed by atoms with van der Waals surface area (Å²) in [6.07, 6.45) is 2.19. The van der Waals surface area contributed by atoms with E-state index in [1.54, 1.807) is 6.92 Å². The summed E-state index contributed by atoms with van der Waals surface area (Å²) in [5.74, 6) is 0.231. The van der Waals surface area contributed by atoms with E-state index in [2.05, 4.69) is 0 Å². The van der Waals surface area contributed by atoms with Gasteiger partial charge in [-0.2, -0.15) is 0 Å². The van der Waals surface area contributed by atoms with Crippen LogP contribution in [-0.2, 0) is 9.59 Å². The second-order valence-electron chi connectivity index (χ2n) is 5.19. The fourth-order valence-corrected chi connectivity index (χ4v) is 2.09. The highest BCUT2D eigenvalue weighted by molar-refractivity contribution is 6.09. The number of hydrogen-bond acceptors (Lipinski definition) is 2. The molecule has 1 fully saturated rings. The van der Waals surface area contributed by atoms with Gasteiger partial charge in [0, 0.05) is 11.8 Å². The number of Topliss-reactive ketones (excluding diaryl/α,β-unsaturated/α-hetero) is 2. The van der Waals surface area contributed by atoms with E-state index in [1.807, 2.05) is 20.8 Å². The molecule has 1 aliphatic carbocycles. The standard InChI is InChI=1S/C11H18O2/c1-10(2,3)9(13)11(4)7-5-6-8(11)12/h5-7H2,1-4H3. The molecular formula is C11H18O2. The molecule has 0 radical (unpaired) electrons. The van der Waals surface area contributed by atoms with Crippen molar-refractivity contribution in [2.24, 2.45) is 10.8 Å². The van der Waals surface area contributed by atoms with Crippen LogP contribution in [-0.4, -0.2) is 11.6 Å². The second kappa shape index (κ2) is 2.93. The highest BCUT2D eigenvalue weighted by Gasteiger charge is 2.47. The van der Waals surface area contributed by atoms with Gasteiger partial charge < -0.3 is 0 Å². The van der Waals surface area contributed by atoms with Crippen LogP contribution >= 0.6 is 0 Å². The SMILES string of the molecule is CC(C)(C)C(=O)C1(C)CCCC1=O. The monoisotopic (exact) mass is 182 g/mol. The van der Waals surface area contributed by atoms with Gasteiger partial charge in [0.15, 0.2) is 5.78 Å². The fourth-order valence-electron chi connectivity index (χ4n) is 2.09. The zero-order valence-electron chi connectivity index (χ0n) is 8.94. The van der Waals surface area contributed by atoms with Crippen molar-refractivity contribution in [2.45, 2.75) is 47.0 Å². The Balaban J connectivity index is 2.94. The molecule has 1 unspecified atom stereocenters. The van der Waals surface area contributed by atoms with Crippen molar-refractivity contribution in [1.82, 2.24) is 0 Å². The molecule has 0 aromatic heterocycles. The molecule has 0 spiro atoms. The summed E-state index contributed by atoms with van der Waals surface area (Å²) in [5.41, 5.74) is -1.08. The van der Waals surface area contributed by atoms with Crippen LogP contribution in [0.5, 0.6) is 0 Å². The average molecular weight is 182 g/mol. The lowest BCUT2D eigenvalue weighted by Crippen LogP contribution is -2.39. The molecule has 74 valence electrons. The minimum Gasteiger partial charge on any atom is -0.299 e. The number of rotatable bonds is 1. The highest BCUT2D eigenvalue weighted by atomic mass is 16.2. The molecule has 2 nitrogen and oxygen atoms in total. The third kappa shape index (κ3) is 1.67. The van der Waals surface area contributed by atoms with Crippen LogP contribution in [0.25, 0.3) is 0 Å². The highest BCUT2D eigenvalue weighted by Crippen LogP contribution is 2.40. The van der Waals surface area contributed by atoms with Crippen molar-refractivity contribution >= 4 is 11.6 Å². The van der Waals surface area contributed by atoms with E-state index in [9.17, 15) is 9.59 Å². The number of carbonyl (C=O) groups excluding carboxylic acids is 2. The minimum absolute atomic E-state index is 0.0995. The summed E-state index contributed by atoms with van der Waals surface area (Å²) in [6.45, 7) is 7.44. The quantitative estimate of drug-likeness (QED) is 0.583. The summed E-state index contributed by atoms with van der Waals surface area (Å²) in [6, 6.07) is 0. The average Bonchev–Trinajstić information content (AvgIpc) is 2.30. The first kappa shape index (κ1) is 10.4. The summed E-state index contributed by atoms with van der Waals surface area (Å²) in [5, 5.41) is 0. The van der Waals surface area contributed by atoms with Crippen LogP contribution in [0.4, 0.5) is 0 Å². The van der Waals surface area contributed by atoms with Crippen molar-refractivity contribution in [3.05, 3.63) is 0 Å². The van der Waals surface area contributed by atoms with Gasteiger partial charge in [-0.3, -0.25) is 9.59 Å². The molecule has 0 aromatic rings. The third-order valence-electron chi connectivity index (χ3n) is 2.88. The van der Waals surface area contributed by atoms with Gasteiger partial charge in [0.05, 0.1) is 5.41 Å². The summed E-state index contributed by atoms with van der Waals surface area (Å²) < 4.78 is 0. The summed E-state index contributed by atoms with van der Waals surface area (Å²) in [7, 11) is 0. The van der Waals surface area contributed by atoms with Crippen LogP contribution in [0, 0.1) is 10.8 Å². The normalized spacial score (nSPS) is 29.4. The molecule has 0 amide bonds. The molecule has 0 N–H and O–H groups in total. The zero-order chi connectivity index (χ0) is 10.3. The Morgan fingerprint density at radius 3 is 2.23 bits per heavy atom. The first-order valence-electron chi connectivity index (χ1n) is 4.87. The van der Waals surface area contributed by atoms with E-state index in [-0.39, 0.29) is 11.6 Å². The zero-order valence-corrected chi connectivity index (χ0v) is 8.94. The van der Waals surface area contributed by atoms with Crippen molar-refractivity contribution in [2.75, 3.05) is 0 Å². The van der Waals surface area contributed by atoms with Crippen LogP contribution < -0.4 is 0 Å². The van der Waals surface area contributed by atoms with Crippen molar-refractivity contribution < 1.29 is 9.59 Å². The molecule has 0 heterocycles. The predicted octanol–water partition coefficient (Wildman–Crippen LogP) is 2.36. The molecule has 1 aliphatic rings. The lowest BCUT2D eigenvalue weighted by molar-refractivity contribution is -0.142. The molecule has 0 aliphatic heterocycles. The summed E-state index contributed by atoms with van der Waals surface area (Å²) >= 11 is 0. The molecule has 0 aromatic carbocycles. The Morgan fingerprint density at radius 1 is 1.38 bits per heavy atom. The molecular weight excluding hydrogens is 164 g/mol. The molecule has 2 heteroatoms. The lowest BCUT2D eigenvalue weighted by Gasteiger charge is -2.28. The Bertz CT molecular complexity index is 247. The van der Waals surface area contributed by atoms with Gasteiger partial charge in [-0.15, -0.1) is 0 Å². The van der Waals surface area contributed by atoms with Crippen LogP contribution in [0.1, 0.15) is 47.0 Å². The van der Waals surface area contributed by atoms with Gasteiger partial charge in [-0.1, -0.05) is 20.8 Å². The topological polar surface area (TPSA) is 34.1 Å². The second-order valence-corrected chi connectivity index (χ2v) is 5.19. The first-order valence-corrected chi connectivity index (χ1v) is 4.87. The van der Waals surface area contributed by atoms with E-state index >= 15 is 0 Å². The Labute approximate surface area is 79.7 Å². The largest absolute Gasteiger partial charge is 0.299 e. The van der Waals surface area contributed by atoms with E-state index in [0.29, 0.717) is 6.42 Å². The van der Waals surface area contributed by atoms with Crippen LogP contribution in [0.3, 0.4) is 0 Å². The molecule has 1 rings (SSSR count). The Kier molecular flexibility index (Phi) is 2.35. The Hall–Kier alpha value is -0.660. The Morgan fingerprint density at radius 2 is 1.92 bits per heavy atom. The maximum atomic E-state index is 12.0. The first-order chi connectivity index (χ1) is 5.78. The van der Waals surface area contributed by atoms with Crippen LogP contribution in [0.2, 0.25) is 0 Å². The van der Waals surface area contributed by atoms with E-state index in [4.69, 9.17) is 0 Å². The fraction of sp³-hybridized carbons (Fsp3) is 0.818. The van der Waals surface area contributed by atoms with Gasteiger partial charge in [-0.25, -0.2) is 0 Å². The molecule has 1 atom stereocenters. The van der Waals surface area contributed by atoms with Gasteiger partial charge in [0.25, 0.3) is 0 Å². The lowest BCUT2D eigenvalue weighted by atomic mass is 9.72. The number of ketones is 2. The smallest absolute Gasteiger partial charge is 0.151 e. The molecule has 1 saturated carbocycles. The maximum absolute atomic E-state index is 12.0. The maximum Gasteiger partial charge on any atom is 0.151 e. The van der Waals surface area contributed by atoms with Gasteiger partial charge in [0.2, 0.25) is 0 Å². The summed E-state index contributed by atoms with van der Waals surface area (Å²) in [4.78, 5) is 23.5. The molecule has 0 saturated heterocycles. The molecule has 0 bridgehead atoms. The third-order valence-corrected chi connectivity index (χ3v) is 2.88.